The lowest BCUT2D eigenvalue weighted by atomic mass is 9.76. The van der Waals surface area contributed by atoms with E-state index in [0.29, 0.717) is 10.7 Å². The summed E-state index contributed by atoms with van der Waals surface area (Å²) in [5.41, 5.74) is 4.07. The number of nitro groups is 1. The topological polar surface area (TPSA) is 55.2 Å². The van der Waals surface area contributed by atoms with Gasteiger partial charge in [-0.3, -0.25) is 10.1 Å². The number of allylic oxidation sites excluding steroid dienone is 2. The number of nitro benzene ring substituents is 1. The first kappa shape index (κ1) is 16.2. The molecule has 2 aliphatic rings. The molecule has 0 saturated carbocycles. The van der Waals surface area contributed by atoms with Gasteiger partial charge in [-0.25, -0.2) is 0 Å². The van der Waals surface area contributed by atoms with Gasteiger partial charge in [-0.15, -0.1) is 0 Å². The molecule has 4 rings (SSSR count). The van der Waals surface area contributed by atoms with E-state index in [0.717, 1.165) is 18.4 Å². The molecule has 5 heteroatoms. The fourth-order valence-electron chi connectivity index (χ4n) is 4.10. The minimum Gasteiger partial charge on any atom is -0.376 e. The van der Waals surface area contributed by atoms with Crippen LogP contribution >= 0.6 is 11.6 Å². The van der Waals surface area contributed by atoms with Crippen LogP contribution in [0.25, 0.3) is 0 Å². The van der Waals surface area contributed by atoms with Gasteiger partial charge < -0.3 is 5.32 Å². The Morgan fingerprint density at radius 1 is 1.24 bits per heavy atom. The van der Waals surface area contributed by atoms with E-state index in [-0.39, 0.29) is 28.5 Å². The highest BCUT2D eigenvalue weighted by Gasteiger charge is 2.42. The molecule has 25 heavy (non-hydrogen) atoms. The number of nitrogens with zero attached hydrogens (tertiary/aromatic N) is 1. The number of aryl methyl sites for hydroxylation is 1. The van der Waals surface area contributed by atoms with E-state index in [2.05, 4.69) is 48.7 Å². The summed E-state index contributed by atoms with van der Waals surface area (Å²) in [6.07, 6.45) is 6.14. The van der Waals surface area contributed by atoms with E-state index >= 15 is 0 Å². The average molecular weight is 355 g/mol. The molecule has 2 aromatic carbocycles. The molecule has 0 fully saturated rings. The highest BCUT2D eigenvalue weighted by Crippen LogP contribution is 2.54. The number of benzene rings is 2. The summed E-state index contributed by atoms with van der Waals surface area (Å²) in [6, 6.07) is 11.8. The zero-order chi connectivity index (χ0) is 17.6. The highest BCUT2D eigenvalue weighted by atomic mass is 35.5. The van der Waals surface area contributed by atoms with Crippen molar-refractivity contribution in [2.75, 3.05) is 5.32 Å². The lowest BCUT2D eigenvalue weighted by Crippen LogP contribution is -2.29. The van der Waals surface area contributed by atoms with Gasteiger partial charge in [0.1, 0.15) is 0 Å². The number of anilines is 1. The highest BCUT2D eigenvalue weighted by molar-refractivity contribution is 6.33. The van der Waals surface area contributed by atoms with Gasteiger partial charge in [0.25, 0.3) is 5.69 Å². The van der Waals surface area contributed by atoms with Crippen molar-refractivity contribution in [3.63, 3.8) is 0 Å². The summed E-state index contributed by atoms with van der Waals surface area (Å²) in [4.78, 5) is 11.2. The van der Waals surface area contributed by atoms with Gasteiger partial charge in [-0.05, 0) is 36.0 Å². The lowest BCUT2D eigenvalue weighted by molar-refractivity contribution is -0.385. The summed E-state index contributed by atoms with van der Waals surface area (Å²) in [5.74, 6) is 0.281. The first-order valence-electron chi connectivity index (χ1n) is 8.59. The molecular formula is C20H19ClN2O2. The Labute approximate surface area is 151 Å². The van der Waals surface area contributed by atoms with Crippen molar-refractivity contribution in [1.29, 1.82) is 0 Å². The molecule has 1 aliphatic carbocycles. The third kappa shape index (κ3) is 2.61. The van der Waals surface area contributed by atoms with Crippen LogP contribution in [0.2, 0.25) is 5.02 Å². The van der Waals surface area contributed by atoms with Crippen LogP contribution in [0.3, 0.4) is 0 Å². The maximum Gasteiger partial charge on any atom is 0.275 e. The molecule has 0 spiro atoms. The van der Waals surface area contributed by atoms with Crippen LogP contribution in [-0.4, -0.2) is 4.92 Å². The number of nitrogens with one attached hydrogen (secondary N) is 1. The van der Waals surface area contributed by atoms with Crippen molar-refractivity contribution >= 4 is 23.0 Å². The van der Waals surface area contributed by atoms with Crippen LogP contribution in [0.1, 0.15) is 42.0 Å². The van der Waals surface area contributed by atoms with Gasteiger partial charge in [-0.2, -0.15) is 0 Å². The summed E-state index contributed by atoms with van der Waals surface area (Å²) >= 11 is 6.40. The fourth-order valence-corrected chi connectivity index (χ4v) is 4.32. The van der Waals surface area contributed by atoms with Gasteiger partial charge in [-0.1, -0.05) is 54.9 Å². The summed E-state index contributed by atoms with van der Waals surface area (Å²) < 4.78 is 0. The zero-order valence-electron chi connectivity index (χ0n) is 13.9. The Morgan fingerprint density at radius 3 is 2.68 bits per heavy atom. The molecule has 0 radical (unpaired) electrons. The lowest BCUT2D eigenvalue weighted by Gasteiger charge is -2.37. The second-order valence-corrected chi connectivity index (χ2v) is 7.09. The first-order valence-corrected chi connectivity index (χ1v) is 8.96. The Morgan fingerprint density at radius 2 is 2.00 bits per heavy atom. The third-order valence-electron chi connectivity index (χ3n) is 5.39. The van der Waals surface area contributed by atoms with Gasteiger partial charge in [0.15, 0.2) is 0 Å². The van der Waals surface area contributed by atoms with E-state index in [9.17, 15) is 10.1 Å². The fraction of sp³-hybridized carbons (Fsp3) is 0.300. The van der Waals surface area contributed by atoms with E-state index in [1.165, 1.54) is 17.2 Å². The van der Waals surface area contributed by atoms with Crippen LogP contribution in [-0.2, 0) is 6.42 Å². The second-order valence-electron chi connectivity index (χ2n) is 6.68. The summed E-state index contributed by atoms with van der Waals surface area (Å²) in [7, 11) is 0. The molecular weight excluding hydrogens is 336 g/mol. The molecule has 2 aromatic rings. The van der Waals surface area contributed by atoms with E-state index in [4.69, 9.17) is 11.6 Å². The number of rotatable bonds is 3. The molecule has 0 amide bonds. The number of fused-ring (bicyclic) bond motifs is 3. The first-order chi connectivity index (χ1) is 12.1. The van der Waals surface area contributed by atoms with E-state index in [1.807, 2.05) is 0 Å². The largest absolute Gasteiger partial charge is 0.376 e. The summed E-state index contributed by atoms with van der Waals surface area (Å²) in [5, 5.41) is 15.6. The SMILES string of the molecule is CCc1ccc([C@@H]2Nc3c(Cl)ccc([N+](=O)[O-])c3[C@@H]3C=CC[C@H]32)cc1. The van der Waals surface area contributed by atoms with Gasteiger partial charge in [0.05, 0.1) is 27.2 Å². The molecule has 0 aromatic heterocycles. The smallest absolute Gasteiger partial charge is 0.275 e. The third-order valence-corrected chi connectivity index (χ3v) is 5.70. The zero-order valence-corrected chi connectivity index (χ0v) is 14.7. The minimum absolute atomic E-state index is 0.0196. The molecule has 0 bridgehead atoms. The van der Waals surface area contributed by atoms with Crippen molar-refractivity contribution in [2.45, 2.75) is 31.7 Å². The van der Waals surface area contributed by atoms with Crippen LogP contribution < -0.4 is 5.32 Å². The number of halogens is 1. The van der Waals surface area contributed by atoms with E-state index < -0.39 is 0 Å². The molecule has 128 valence electrons. The van der Waals surface area contributed by atoms with Gasteiger partial charge in [0.2, 0.25) is 0 Å². The normalized spacial score (nSPS) is 23.7. The van der Waals surface area contributed by atoms with Gasteiger partial charge in [0, 0.05) is 12.0 Å². The second kappa shape index (κ2) is 6.19. The van der Waals surface area contributed by atoms with Crippen LogP contribution in [0.5, 0.6) is 0 Å². The standard InChI is InChI=1S/C20H19ClN2O2/c1-2-12-6-8-13(9-7-12)19-15-5-3-4-14(15)18-17(23(24)25)11-10-16(21)20(18)22-19/h3-4,6-11,14-15,19,22H,2,5H2,1H3/t14-,15-,19+/m1/s1. The molecule has 1 N–H and O–H groups in total. The monoisotopic (exact) mass is 354 g/mol. The van der Waals surface area contributed by atoms with Crippen molar-refractivity contribution in [3.8, 4) is 0 Å². The number of hydrogen-bond donors (Lipinski definition) is 1. The van der Waals surface area contributed by atoms with E-state index in [1.54, 1.807) is 6.07 Å². The Hall–Kier alpha value is -2.33. The van der Waals surface area contributed by atoms with Crippen molar-refractivity contribution < 1.29 is 4.92 Å². The maximum atomic E-state index is 11.5. The molecule has 1 heterocycles. The number of hydrogen-bond acceptors (Lipinski definition) is 3. The van der Waals surface area contributed by atoms with Crippen molar-refractivity contribution in [2.24, 2.45) is 5.92 Å². The molecule has 1 aliphatic heterocycles. The van der Waals surface area contributed by atoms with Crippen LogP contribution in [0.4, 0.5) is 11.4 Å². The quantitative estimate of drug-likeness (QED) is 0.441. The predicted molar refractivity (Wildman–Crippen MR) is 100 cm³/mol. The molecule has 3 atom stereocenters. The van der Waals surface area contributed by atoms with Crippen LogP contribution in [0.15, 0.2) is 48.6 Å². The maximum absolute atomic E-state index is 11.5. The van der Waals surface area contributed by atoms with Crippen LogP contribution in [0, 0.1) is 16.0 Å². The Kier molecular flexibility index (Phi) is 4.00. The molecule has 0 unspecified atom stereocenters. The van der Waals surface area contributed by atoms with Crippen molar-refractivity contribution in [3.05, 3.63) is 80.4 Å². The predicted octanol–water partition coefficient (Wildman–Crippen LogP) is 5.64. The average Bonchev–Trinajstić information content (AvgIpc) is 3.11. The molecule has 0 saturated heterocycles. The minimum atomic E-state index is -0.309. The Bertz CT molecular complexity index is 861. The summed E-state index contributed by atoms with van der Waals surface area (Å²) in [6.45, 7) is 2.14. The Balaban J connectivity index is 1.82. The van der Waals surface area contributed by atoms with Crippen molar-refractivity contribution in [1.82, 2.24) is 0 Å². The molecule has 4 nitrogen and oxygen atoms in total. The van der Waals surface area contributed by atoms with Gasteiger partial charge >= 0.3 is 0 Å².